The van der Waals surface area contributed by atoms with Crippen LogP contribution >= 0.6 is 0 Å². The Morgan fingerprint density at radius 3 is 2.71 bits per heavy atom. The highest BCUT2D eigenvalue weighted by atomic mass is 16.5. The van der Waals surface area contributed by atoms with Crippen LogP contribution in [0, 0.1) is 0 Å². The first-order valence-electron chi connectivity index (χ1n) is 7.80. The van der Waals surface area contributed by atoms with E-state index in [1.165, 1.54) is 0 Å². The van der Waals surface area contributed by atoms with Gasteiger partial charge in [0.15, 0.2) is 0 Å². The molecule has 1 aromatic carbocycles. The normalized spacial score (nSPS) is 11.9. The van der Waals surface area contributed by atoms with E-state index in [9.17, 15) is 4.79 Å². The third-order valence-corrected chi connectivity index (χ3v) is 3.57. The number of hydrogen-bond donors (Lipinski definition) is 1. The molecule has 2 heterocycles. The first kappa shape index (κ1) is 15.9. The number of nitrogens with zero attached hydrogens (tertiary/aromatic N) is 3. The van der Waals surface area contributed by atoms with Crippen molar-refractivity contribution in [1.29, 1.82) is 0 Å². The van der Waals surface area contributed by atoms with Gasteiger partial charge >= 0.3 is 0 Å². The number of carbonyl (C=O) groups is 1. The highest BCUT2D eigenvalue weighted by Crippen LogP contribution is 2.16. The van der Waals surface area contributed by atoms with E-state index in [4.69, 9.17) is 4.52 Å². The summed E-state index contributed by atoms with van der Waals surface area (Å²) in [6.07, 6.45) is 2.78. The molecule has 0 saturated carbocycles. The van der Waals surface area contributed by atoms with Crippen LogP contribution in [0.4, 0.5) is 0 Å². The molecule has 3 aromatic rings. The van der Waals surface area contributed by atoms with Gasteiger partial charge in [-0.15, -0.1) is 0 Å². The molecular weight excluding hydrogens is 304 g/mol. The zero-order chi connectivity index (χ0) is 16.8. The molecule has 0 saturated heterocycles. The molecule has 2 aromatic heterocycles. The first-order chi connectivity index (χ1) is 11.7. The molecule has 0 aliphatic rings. The molecule has 1 amide bonds. The minimum atomic E-state index is -0.349. The Hall–Kier alpha value is -3.02. The number of aryl methyl sites for hydroxylation is 1. The van der Waals surface area contributed by atoms with Crippen LogP contribution in [0.2, 0.25) is 0 Å². The maximum Gasteiger partial charge on any atom is 0.249 e. The fourth-order valence-electron chi connectivity index (χ4n) is 2.29. The van der Waals surface area contributed by atoms with Gasteiger partial charge in [-0.05, 0) is 31.0 Å². The molecular formula is C18H18N4O2. The molecule has 0 spiro atoms. The van der Waals surface area contributed by atoms with Crippen LogP contribution in [0.3, 0.4) is 0 Å². The molecule has 3 rings (SSSR count). The van der Waals surface area contributed by atoms with Crippen molar-refractivity contribution < 1.29 is 9.32 Å². The van der Waals surface area contributed by atoms with Gasteiger partial charge in [0, 0.05) is 12.6 Å². The summed E-state index contributed by atoms with van der Waals surface area (Å²) in [5, 5.41) is 6.78. The van der Waals surface area contributed by atoms with Crippen molar-refractivity contribution in [2.24, 2.45) is 0 Å². The molecule has 6 nitrogen and oxygen atoms in total. The molecule has 1 atom stereocenters. The van der Waals surface area contributed by atoms with E-state index in [0.717, 1.165) is 5.56 Å². The number of carbonyl (C=O) groups excluding carboxylic acids is 1. The zero-order valence-corrected chi connectivity index (χ0v) is 13.3. The number of amides is 1. The molecule has 0 bridgehead atoms. The third-order valence-electron chi connectivity index (χ3n) is 3.57. The topological polar surface area (TPSA) is 80.9 Å². The smallest absolute Gasteiger partial charge is 0.249 e. The van der Waals surface area contributed by atoms with Gasteiger partial charge in [-0.1, -0.05) is 41.6 Å². The van der Waals surface area contributed by atoms with Gasteiger partial charge in [0.25, 0.3) is 0 Å². The largest absolute Gasteiger partial charge is 0.345 e. The van der Waals surface area contributed by atoms with Crippen molar-refractivity contribution in [2.45, 2.75) is 25.8 Å². The van der Waals surface area contributed by atoms with E-state index in [1.54, 1.807) is 12.3 Å². The summed E-state index contributed by atoms with van der Waals surface area (Å²) in [5.74, 6) is 0.726. The molecule has 24 heavy (non-hydrogen) atoms. The Balaban J connectivity index is 1.56. The summed E-state index contributed by atoms with van der Waals surface area (Å²) in [5.41, 5.74) is 1.77. The first-order valence-corrected chi connectivity index (χ1v) is 7.80. The van der Waals surface area contributed by atoms with Crippen molar-refractivity contribution in [3.05, 3.63) is 66.2 Å². The lowest BCUT2D eigenvalue weighted by Crippen LogP contribution is -2.27. The summed E-state index contributed by atoms with van der Waals surface area (Å²) in [4.78, 5) is 20.5. The summed E-state index contributed by atoms with van der Waals surface area (Å²) < 4.78 is 5.23. The predicted molar refractivity (Wildman–Crippen MR) is 88.8 cm³/mol. The van der Waals surface area contributed by atoms with Crippen molar-refractivity contribution in [1.82, 2.24) is 20.4 Å². The fourth-order valence-corrected chi connectivity index (χ4v) is 2.29. The lowest BCUT2D eigenvalue weighted by Gasteiger charge is -2.09. The molecule has 6 heteroatoms. The van der Waals surface area contributed by atoms with Crippen LogP contribution in [-0.4, -0.2) is 21.0 Å². The Morgan fingerprint density at radius 2 is 1.96 bits per heavy atom. The van der Waals surface area contributed by atoms with E-state index in [2.05, 4.69) is 20.4 Å². The molecule has 122 valence electrons. The van der Waals surface area contributed by atoms with Gasteiger partial charge in [-0.25, -0.2) is 0 Å². The second-order valence-electron chi connectivity index (χ2n) is 5.45. The SMILES string of the molecule is CC(NC(=O)CCc1ccccc1)c1nc(-c2ccccn2)no1. The number of nitrogens with one attached hydrogen (secondary N) is 1. The molecule has 0 aliphatic heterocycles. The quantitative estimate of drug-likeness (QED) is 0.754. The number of benzene rings is 1. The second kappa shape index (κ2) is 7.50. The van der Waals surface area contributed by atoms with E-state index in [1.807, 2.05) is 49.4 Å². The Labute approximate surface area is 139 Å². The Morgan fingerprint density at radius 1 is 1.17 bits per heavy atom. The van der Waals surface area contributed by atoms with Crippen LogP contribution in [0.5, 0.6) is 0 Å². The average molecular weight is 322 g/mol. The third kappa shape index (κ3) is 4.04. The monoisotopic (exact) mass is 322 g/mol. The predicted octanol–water partition coefficient (Wildman–Crippen LogP) is 2.94. The van der Waals surface area contributed by atoms with Crippen LogP contribution in [0.15, 0.2) is 59.3 Å². The summed E-state index contributed by atoms with van der Waals surface area (Å²) >= 11 is 0. The molecule has 0 fully saturated rings. The van der Waals surface area contributed by atoms with E-state index >= 15 is 0 Å². The summed E-state index contributed by atoms with van der Waals surface area (Å²) in [6, 6.07) is 15.0. The molecule has 0 aliphatic carbocycles. The number of rotatable bonds is 6. The van der Waals surface area contributed by atoms with E-state index in [-0.39, 0.29) is 11.9 Å². The van der Waals surface area contributed by atoms with Crippen LogP contribution < -0.4 is 5.32 Å². The zero-order valence-electron chi connectivity index (χ0n) is 13.3. The van der Waals surface area contributed by atoms with Crippen molar-refractivity contribution in [2.75, 3.05) is 0 Å². The van der Waals surface area contributed by atoms with Crippen LogP contribution in [-0.2, 0) is 11.2 Å². The van der Waals surface area contributed by atoms with Gasteiger partial charge in [0.2, 0.25) is 17.6 Å². The van der Waals surface area contributed by atoms with E-state index < -0.39 is 0 Å². The summed E-state index contributed by atoms with van der Waals surface area (Å²) in [6.45, 7) is 1.82. The minimum Gasteiger partial charge on any atom is -0.345 e. The van der Waals surface area contributed by atoms with Crippen molar-refractivity contribution in [3.8, 4) is 11.5 Å². The maximum absolute atomic E-state index is 12.1. The number of pyridine rings is 1. The van der Waals surface area contributed by atoms with Gasteiger partial charge < -0.3 is 9.84 Å². The van der Waals surface area contributed by atoms with Gasteiger partial charge in [0.1, 0.15) is 11.7 Å². The maximum atomic E-state index is 12.1. The Bertz CT molecular complexity index is 787. The molecule has 0 radical (unpaired) electrons. The lowest BCUT2D eigenvalue weighted by atomic mass is 10.1. The van der Waals surface area contributed by atoms with E-state index in [0.29, 0.717) is 30.3 Å². The highest BCUT2D eigenvalue weighted by Gasteiger charge is 2.17. The number of aromatic nitrogens is 3. The van der Waals surface area contributed by atoms with Crippen molar-refractivity contribution >= 4 is 5.91 Å². The fraction of sp³-hybridized carbons (Fsp3) is 0.222. The van der Waals surface area contributed by atoms with Gasteiger partial charge in [-0.2, -0.15) is 4.98 Å². The molecule has 1 N–H and O–H groups in total. The highest BCUT2D eigenvalue weighted by molar-refractivity contribution is 5.76. The standard InChI is InChI=1S/C18H18N4O2/c1-13(20-16(23)11-10-14-7-3-2-4-8-14)18-21-17(22-24-18)15-9-5-6-12-19-15/h2-9,12-13H,10-11H2,1H3,(H,20,23). The van der Waals surface area contributed by atoms with Crippen LogP contribution in [0.1, 0.15) is 30.8 Å². The Kier molecular flexibility index (Phi) is 4.96. The van der Waals surface area contributed by atoms with Crippen LogP contribution in [0.25, 0.3) is 11.5 Å². The van der Waals surface area contributed by atoms with Gasteiger partial charge in [0.05, 0.1) is 0 Å². The summed E-state index contributed by atoms with van der Waals surface area (Å²) in [7, 11) is 0. The number of hydrogen-bond acceptors (Lipinski definition) is 5. The lowest BCUT2D eigenvalue weighted by molar-refractivity contribution is -0.121. The van der Waals surface area contributed by atoms with Gasteiger partial charge in [-0.3, -0.25) is 9.78 Å². The van der Waals surface area contributed by atoms with Crippen molar-refractivity contribution in [3.63, 3.8) is 0 Å². The average Bonchev–Trinajstić information content (AvgIpc) is 3.12. The minimum absolute atomic E-state index is 0.0519. The second-order valence-corrected chi connectivity index (χ2v) is 5.45. The molecule has 1 unspecified atom stereocenters.